The van der Waals surface area contributed by atoms with Gasteiger partial charge in [-0.15, -0.1) is 0 Å². The van der Waals surface area contributed by atoms with Gasteiger partial charge in [0.15, 0.2) is 0 Å². The van der Waals surface area contributed by atoms with Gasteiger partial charge in [-0.25, -0.2) is 0 Å². The fourth-order valence-electron chi connectivity index (χ4n) is 3.99. The van der Waals surface area contributed by atoms with E-state index in [2.05, 4.69) is 0 Å². The van der Waals surface area contributed by atoms with E-state index in [9.17, 15) is 14.4 Å². The minimum absolute atomic E-state index is 0.0276. The van der Waals surface area contributed by atoms with Crippen LogP contribution in [-0.2, 0) is 9.59 Å². The largest absolute Gasteiger partial charge is 0.497 e. The number of ether oxygens (including phenoxy) is 1. The van der Waals surface area contributed by atoms with Gasteiger partial charge in [-0.05, 0) is 43.0 Å². The smallest absolute Gasteiger partial charge is 0.254 e. The fraction of sp³-hybridized carbons (Fsp3) is 0.571. The van der Waals surface area contributed by atoms with Gasteiger partial charge in [0.25, 0.3) is 5.91 Å². The van der Waals surface area contributed by atoms with Crippen molar-refractivity contribution in [3.63, 3.8) is 0 Å². The van der Waals surface area contributed by atoms with Gasteiger partial charge in [-0.2, -0.15) is 0 Å². The second-order valence-corrected chi connectivity index (χ2v) is 8.00. The molecule has 2 aliphatic heterocycles. The van der Waals surface area contributed by atoms with Crippen LogP contribution in [0, 0.1) is 12.8 Å². The van der Waals surface area contributed by atoms with E-state index in [1.54, 1.807) is 33.9 Å². The van der Waals surface area contributed by atoms with Crippen molar-refractivity contribution in [1.29, 1.82) is 0 Å². The number of rotatable bonds is 4. The SMILES string of the molecule is COc1ccc(C(=O)N2CCCN3C(=O)CN(CC(C)C)C(=O)C3C2)c(C)c1. The van der Waals surface area contributed by atoms with Gasteiger partial charge in [0.1, 0.15) is 11.8 Å². The van der Waals surface area contributed by atoms with E-state index >= 15 is 0 Å². The Morgan fingerprint density at radius 1 is 1.25 bits per heavy atom. The molecule has 3 rings (SSSR count). The number of benzene rings is 1. The van der Waals surface area contributed by atoms with Crippen LogP contribution in [0.5, 0.6) is 5.75 Å². The zero-order valence-electron chi connectivity index (χ0n) is 17.1. The Morgan fingerprint density at radius 3 is 2.64 bits per heavy atom. The van der Waals surface area contributed by atoms with Crippen LogP contribution in [0.3, 0.4) is 0 Å². The highest BCUT2D eigenvalue weighted by Crippen LogP contribution is 2.23. The zero-order valence-corrected chi connectivity index (χ0v) is 17.1. The summed E-state index contributed by atoms with van der Waals surface area (Å²) in [6.45, 7) is 7.90. The predicted octanol–water partition coefficient (Wildman–Crippen LogP) is 1.54. The van der Waals surface area contributed by atoms with Crippen LogP contribution in [0.1, 0.15) is 36.2 Å². The van der Waals surface area contributed by atoms with Crippen molar-refractivity contribution < 1.29 is 19.1 Å². The number of nitrogens with zero attached hydrogens (tertiary/aromatic N) is 3. The number of carbonyl (C=O) groups excluding carboxylic acids is 3. The van der Waals surface area contributed by atoms with Gasteiger partial charge in [-0.1, -0.05) is 13.8 Å². The second kappa shape index (κ2) is 8.20. The molecule has 28 heavy (non-hydrogen) atoms. The highest BCUT2D eigenvalue weighted by molar-refractivity contribution is 5.98. The maximum Gasteiger partial charge on any atom is 0.254 e. The van der Waals surface area contributed by atoms with Crippen LogP contribution in [-0.4, -0.2) is 78.3 Å². The van der Waals surface area contributed by atoms with Crippen LogP contribution in [0.4, 0.5) is 0 Å². The Kier molecular flexibility index (Phi) is 5.91. The Labute approximate surface area is 166 Å². The molecule has 0 aliphatic carbocycles. The number of piperazine rings is 1. The molecule has 2 fully saturated rings. The second-order valence-electron chi connectivity index (χ2n) is 8.00. The molecule has 0 radical (unpaired) electrons. The lowest BCUT2D eigenvalue weighted by Gasteiger charge is -2.40. The summed E-state index contributed by atoms with van der Waals surface area (Å²) in [6, 6.07) is 4.77. The number of fused-ring (bicyclic) bond motifs is 1. The maximum absolute atomic E-state index is 13.2. The summed E-state index contributed by atoms with van der Waals surface area (Å²) in [6.07, 6.45) is 0.667. The summed E-state index contributed by atoms with van der Waals surface area (Å²) in [5.74, 6) is 0.796. The van der Waals surface area contributed by atoms with Crippen molar-refractivity contribution in [1.82, 2.24) is 14.7 Å². The van der Waals surface area contributed by atoms with Crippen molar-refractivity contribution in [3.05, 3.63) is 29.3 Å². The average molecular weight is 387 g/mol. The minimum atomic E-state index is -0.593. The standard InChI is InChI=1S/C21H29N3O4/c1-14(2)11-23-13-19(25)24-9-5-8-22(12-18(24)21(23)27)20(26)17-7-6-16(28-4)10-15(17)3/h6-7,10,14,18H,5,8-9,11-13H2,1-4H3. The van der Waals surface area contributed by atoms with Gasteiger partial charge in [0.2, 0.25) is 11.8 Å². The monoisotopic (exact) mass is 387 g/mol. The molecule has 0 aromatic heterocycles. The van der Waals surface area contributed by atoms with Gasteiger partial charge in [0, 0.05) is 25.2 Å². The third-order valence-electron chi connectivity index (χ3n) is 5.38. The van der Waals surface area contributed by atoms with Crippen LogP contribution in [0.2, 0.25) is 0 Å². The molecule has 1 atom stereocenters. The van der Waals surface area contributed by atoms with E-state index in [-0.39, 0.29) is 36.7 Å². The maximum atomic E-state index is 13.2. The molecule has 7 nitrogen and oxygen atoms in total. The molecule has 2 saturated heterocycles. The number of aryl methyl sites for hydroxylation is 1. The molecule has 0 bridgehead atoms. The molecule has 0 N–H and O–H groups in total. The van der Waals surface area contributed by atoms with E-state index in [4.69, 9.17) is 4.74 Å². The quantitative estimate of drug-likeness (QED) is 0.786. The first kappa shape index (κ1) is 20.2. The number of hydrogen-bond donors (Lipinski definition) is 0. The van der Waals surface area contributed by atoms with Crippen LogP contribution in [0.25, 0.3) is 0 Å². The molecule has 2 aliphatic rings. The lowest BCUT2D eigenvalue weighted by Crippen LogP contribution is -2.62. The molecule has 0 saturated carbocycles. The molecular formula is C21H29N3O4. The summed E-state index contributed by atoms with van der Waals surface area (Å²) in [5.41, 5.74) is 1.43. The van der Waals surface area contributed by atoms with Crippen molar-refractivity contribution in [2.24, 2.45) is 5.92 Å². The molecule has 1 aromatic rings. The van der Waals surface area contributed by atoms with Gasteiger partial charge in [0.05, 0.1) is 20.2 Å². The van der Waals surface area contributed by atoms with Crippen molar-refractivity contribution in [3.8, 4) is 5.75 Å². The first-order valence-corrected chi connectivity index (χ1v) is 9.84. The summed E-state index contributed by atoms with van der Waals surface area (Å²) in [4.78, 5) is 43.8. The van der Waals surface area contributed by atoms with Crippen molar-refractivity contribution in [2.75, 3.05) is 39.8 Å². The summed E-state index contributed by atoms with van der Waals surface area (Å²) in [7, 11) is 1.59. The predicted molar refractivity (Wildman–Crippen MR) is 105 cm³/mol. The third kappa shape index (κ3) is 3.98. The normalized spacial score (nSPS) is 20.3. The van der Waals surface area contributed by atoms with E-state index in [1.807, 2.05) is 26.8 Å². The van der Waals surface area contributed by atoms with E-state index in [1.165, 1.54) is 0 Å². The number of methoxy groups -OCH3 is 1. The van der Waals surface area contributed by atoms with Gasteiger partial charge in [-0.3, -0.25) is 14.4 Å². The summed E-state index contributed by atoms with van der Waals surface area (Å²) >= 11 is 0. The number of carbonyl (C=O) groups is 3. The Bertz CT molecular complexity index is 777. The van der Waals surface area contributed by atoms with E-state index < -0.39 is 6.04 Å². The van der Waals surface area contributed by atoms with E-state index in [0.29, 0.717) is 37.4 Å². The summed E-state index contributed by atoms with van der Waals surface area (Å²) < 4.78 is 5.22. The lowest BCUT2D eigenvalue weighted by atomic mass is 10.1. The topological polar surface area (TPSA) is 70.2 Å². The lowest BCUT2D eigenvalue weighted by molar-refractivity contribution is -0.156. The molecule has 2 heterocycles. The van der Waals surface area contributed by atoms with Crippen LogP contribution >= 0.6 is 0 Å². The highest BCUT2D eigenvalue weighted by Gasteiger charge is 2.42. The molecule has 7 heteroatoms. The van der Waals surface area contributed by atoms with Crippen molar-refractivity contribution >= 4 is 17.7 Å². The van der Waals surface area contributed by atoms with Crippen LogP contribution in [0.15, 0.2) is 18.2 Å². The number of hydrogen-bond acceptors (Lipinski definition) is 4. The first-order valence-electron chi connectivity index (χ1n) is 9.84. The molecule has 3 amide bonds. The van der Waals surface area contributed by atoms with Crippen molar-refractivity contribution in [2.45, 2.75) is 33.2 Å². The number of amides is 3. The molecular weight excluding hydrogens is 358 g/mol. The Hall–Kier alpha value is -2.57. The Morgan fingerprint density at radius 2 is 2.00 bits per heavy atom. The van der Waals surface area contributed by atoms with Gasteiger partial charge >= 0.3 is 0 Å². The third-order valence-corrected chi connectivity index (χ3v) is 5.38. The molecule has 1 aromatic carbocycles. The van der Waals surface area contributed by atoms with E-state index in [0.717, 1.165) is 5.56 Å². The fourth-order valence-corrected chi connectivity index (χ4v) is 3.99. The minimum Gasteiger partial charge on any atom is -0.497 e. The van der Waals surface area contributed by atoms with Crippen LogP contribution < -0.4 is 4.74 Å². The first-order chi connectivity index (χ1) is 13.3. The average Bonchev–Trinajstić information content (AvgIpc) is 2.88. The highest BCUT2D eigenvalue weighted by atomic mass is 16.5. The molecule has 0 spiro atoms. The summed E-state index contributed by atoms with van der Waals surface area (Å²) in [5, 5.41) is 0. The zero-order chi connectivity index (χ0) is 20.4. The van der Waals surface area contributed by atoms with Gasteiger partial charge < -0.3 is 19.4 Å². The Balaban J connectivity index is 1.82. The molecule has 152 valence electrons. The molecule has 1 unspecified atom stereocenters.